The molecule has 0 bridgehead atoms. The largest absolute Gasteiger partial charge is 0.333 e. The fourth-order valence-corrected chi connectivity index (χ4v) is 4.18. The number of amides is 3. The topological polar surface area (TPSA) is 64.7 Å². The van der Waals surface area contributed by atoms with E-state index in [-0.39, 0.29) is 30.1 Å². The summed E-state index contributed by atoms with van der Waals surface area (Å²) in [7, 11) is 1.77. The van der Waals surface area contributed by atoms with Crippen LogP contribution in [-0.2, 0) is 11.3 Å². The average Bonchev–Trinajstić information content (AvgIpc) is 2.92. The lowest BCUT2D eigenvalue weighted by Gasteiger charge is -2.44. The maximum atomic E-state index is 12.8. The highest BCUT2D eigenvalue weighted by atomic mass is 16.2. The third-order valence-electron chi connectivity index (χ3n) is 5.82. The molecule has 1 aliphatic carbocycles. The summed E-state index contributed by atoms with van der Waals surface area (Å²) in [5.74, 6) is -0.0574. The van der Waals surface area contributed by atoms with Crippen LogP contribution >= 0.6 is 0 Å². The summed E-state index contributed by atoms with van der Waals surface area (Å²) >= 11 is 0. The van der Waals surface area contributed by atoms with E-state index in [1.165, 1.54) is 6.42 Å². The van der Waals surface area contributed by atoms with Gasteiger partial charge in [-0.25, -0.2) is 4.79 Å². The number of carbonyl (C=O) groups excluding carboxylic acids is 2. The zero-order valence-electron chi connectivity index (χ0n) is 14.0. The van der Waals surface area contributed by atoms with Gasteiger partial charge in [0.1, 0.15) is 6.54 Å². The lowest BCUT2D eigenvalue weighted by atomic mass is 9.73. The number of nitrogens with one attached hydrogen (secondary N) is 2. The maximum absolute atomic E-state index is 12.8. The van der Waals surface area contributed by atoms with Crippen molar-refractivity contribution in [3.05, 3.63) is 29.8 Å². The van der Waals surface area contributed by atoms with Crippen LogP contribution in [0.1, 0.15) is 31.2 Å². The van der Waals surface area contributed by atoms with Gasteiger partial charge in [0.15, 0.2) is 0 Å². The Kier molecular flexibility index (Phi) is 3.72. The Labute approximate surface area is 142 Å². The molecule has 4 rings (SSSR count). The monoisotopic (exact) mass is 328 g/mol. The summed E-state index contributed by atoms with van der Waals surface area (Å²) in [5, 5.41) is 6.75. The van der Waals surface area contributed by atoms with Crippen molar-refractivity contribution >= 4 is 17.6 Å². The molecule has 1 spiro atoms. The second-order valence-electron chi connectivity index (χ2n) is 7.16. The van der Waals surface area contributed by atoms with E-state index >= 15 is 0 Å². The molecule has 1 saturated heterocycles. The summed E-state index contributed by atoms with van der Waals surface area (Å²) in [6.45, 7) is 1.53. The molecule has 3 aliphatic rings. The van der Waals surface area contributed by atoms with Crippen LogP contribution in [0.2, 0.25) is 0 Å². The molecule has 1 aromatic carbocycles. The summed E-state index contributed by atoms with van der Waals surface area (Å²) in [6, 6.07) is 7.82. The number of fused-ring (bicyclic) bond motifs is 1. The summed E-state index contributed by atoms with van der Waals surface area (Å²) in [4.78, 5) is 28.5. The number of carbonyl (C=O) groups is 2. The first-order valence-electron chi connectivity index (χ1n) is 8.74. The Morgan fingerprint density at radius 3 is 2.83 bits per heavy atom. The number of nitrogens with zero attached hydrogens (tertiary/aromatic N) is 2. The van der Waals surface area contributed by atoms with Crippen LogP contribution in [-0.4, -0.2) is 48.6 Å². The van der Waals surface area contributed by atoms with E-state index in [0.717, 1.165) is 37.1 Å². The molecule has 2 heterocycles. The molecule has 0 radical (unpaired) electrons. The predicted octanol–water partition coefficient (Wildman–Crippen LogP) is 1.46. The van der Waals surface area contributed by atoms with Crippen LogP contribution in [0.15, 0.2) is 24.3 Å². The van der Waals surface area contributed by atoms with Crippen LogP contribution in [0.4, 0.5) is 10.5 Å². The number of rotatable bonds is 1. The van der Waals surface area contributed by atoms with Crippen LogP contribution in [0.5, 0.6) is 0 Å². The van der Waals surface area contributed by atoms with Crippen molar-refractivity contribution in [1.82, 2.24) is 15.5 Å². The number of urea groups is 1. The maximum Gasteiger partial charge on any atom is 0.318 e. The molecule has 1 saturated carbocycles. The minimum absolute atomic E-state index is 0.0574. The van der Waals surface area contributed by atoms with Crippen LogP contribution in [0, 0.1) is 0 Å². The highest BCUT2D eigenvalue weighted by Crippen LogP contribution is 2.39. The SMILES string of the molecule is CN1C(=O)CN(C(=O)NC2CCNC23CCC3)Cc2ccccc21. The van der Waals surface area contributed by atoms with Gasteiger partial charge in [-0.3, -0.25) is 4.79 Å². The Morgan fingerprint density at radius 2 is 2.08 bits per heavy atom. The lowest BCUT2D eigenvalue weighted by molar-refractivity contribution is -0.118. The molecule has 2 aliphatic heterocycles. The quantitative estimate of drug-likeness (QED) is 0.820. The van der Waals surface area contributed by atoms with Crippen molar-refractivity contribution in [1.29, 1.82) is 0 Å². The van der Waals surface area contributed by atoms with Gasteiger partial charge in [-0.1, -0.05) is 18.2 Å². The number of anilines is 1. The van der Waals surface area contributed by atoms with Crippen LogP contribution in [0.25, 0.3) is 0 Å². The van der Waals surface area contributed by atoms with E-state index in [0.29, 0.717) is 6.54 Å². The summed E-state index contributed by atoms with van der Waals surface area (Å²) in [6.07, 6.45) is 4.44. The Morgan fingerprint density at radius 1 is 1.29 bits per heavy atom. The van der Waals surface area contributed by atoms with E-state index in [1.54, 1.807) is 16.8 Å². The minimum Gasteiger partial charge on any atom is -0.333 e. The van der Waals surface area contributed by atoms with Gasteiger partial charge < -0.3 is 20.4 Å². The van der Waals surface area contributed by atoms with Crippen molar-refractivity contribution in [3.63, 3.8) is 0 Å². The Bertz CT molecular complexity index is 671. The van der Waals surface area contributed by atoms with Crippen molar-refractivity contribution in [2.75, 3.05) is 25.0 Å². The third-order valence-corrected chi connectivity index (χ3v) is 5.82. The number of benzene rings is 1. The summed E-state index contributed by atoms with van der Waals surface area (Å²) < 4.78 is 0. The zero-order valence-corrected chi connectivity index (χ0v) is 14.0. The van der Waals surface area contributed by atoms with Crippen molar-refractivity contribution < 1.29 is 9.59 Å². The normalized spacial score (nSPS) is 25.2. The molecular weight excluding hydrogens is 304 g/mol. The number of likely N-dealkylation sites (N-methyl/N-ethyl adjacent to an activating group) is 1. The minimum atomic E-state index is -0.131. The first-order valence-corrected chi connectivity index (χ1v) is 8.74. The Balaban J connectivity index is 1.51. The first kappa shape index (κ1) is 15.4. The van der Waals surface area contributed by atoms with Gasteiger partial charge in [-0.2, -0.15) is 0 Å². The van der Waals surface area contributed by atoms with E-state index in [1.807, 2.05) is 24.3 Å². The molecule has 128 valence electrons. The van der Waals surface area contributed by atoms with Gasteiger partial charge in [0.25, 0.3) is 0 Å². The molecule has 1 atom stereocenters. The molecule has 1 unspecified atom stereocenters. The Hall–Kier alpha value is -2.08. The highest BCUT2D eigenvalue weighted by Gasteiger charge is 2.48. The average molecular weight is 328 g/mol. The second kappa shape index (κ2) is 5.77. The van der Waals surface area contributed by atoms with Crippen molar-refractivity contribution in [3.8, 4) is 0 Å². The van der Waals surface area contributed by atoms with E-state index in [2.05, 4.69) is 10.6 Å². The summed E-state index contributed by atoms with van der Waals surface area (Å²) in [5.41, 5.74) is 1.99. The van der Waals surface area contributed by atoms with Crippen molar-refractivity contribution in [2.24, 2.45) is 0 Å². The highest BCUT2D eigenvalue weighted by molar-refractivity contribution is 5.97. The van der Waals surface area contributed by atoms with E-state index < -0.39 is 0 Å². The van der Waals surface area contributed by atoms with Gasteiger partial charge in [0, 0.05) is 24.3 Å². The molecule has 2 fully saturated rings. The smallest absolute Gasteiger partial charge is 0.318 e. The second-order valence-corrected chi connectivity index (χ2v) is 7.16. The molecular formula is C18H24N4O2. The molecule has 1 aromatic rings. The van der Waals surface area contributed by atoms with E-state index in [4.69, 9.17) is 0 Å². The van der Waals surface area contributed by atoms with Gasteiger partial charge >= 0.3 is 6.03 Å². The molecule has 0 aromatic heterocycles. The molecule has 3 amide bonds. The lowest BCUT2D eigenvalue weighted by Crippen LogP contribution is -2.60. The number of para-hydroxylation sites is 1. The number of hydrogen-bond donors (Lipinski definition) is 2. The first-order chi connectivity index (χ1) is 11.6. The predicted molar refractivity (Wildman–Crippen MR) is 91.8 cm³/mol. The van der Waals surface area contributed by atoms with Crippen LogP contribution in [0.3, 0.4) is 0 Å². The van der Waals surface area contributed by atoms with Gasteiger partial charge in [-0.15, -0.1) is 0 Å². The van der Waals surface area contributed by atoms with Crippen molar-refractivity contribution in [2.45, 2.75) is 43.8 Å². The standard InChI is InChI=1S/C18H24N4O2/c1-21-14-6-3-2-5-13(14)11-22(12-16(21)23)17(24)20-15-7-10-19-18(15)8-4-9-18/h2-3,5-6,15,19H,4,7-12H2,1H3,(H,20,24). The van der Waals surface area contributed by atoms with Crippen LogP contribution < -0.4 is 15.5 Å². The molecule has 6 nitrogen and oxygen atoms in total. The fourth-order valence-electron chi connectivity index (χ4n) is 4.18. The zero-order chi connectivity index (χ0) is 16.7. The number of hydrogen-bond acceptors (Lipinski definition) is 3. The molecule has 24 heavy (non-hydrogen) atoms. The molecule has 6 heteroatoms. The van der Waals surface area contributed by atoms with Gasteiger partial charge in [0.2, 0.25) is 5.91 Å². The fraction of sp³-hybridized carbons (Fsp3) is 0.556. The van der Waals surface area contributed by atoms with Gasteiger partial charge in [-0.05, 0) is 43.9 Å². The third kappa shape index (κ3) is 2.45. The van der Waals surface area contributed by atoms with Gasteiger partial charge in [0.05, 0.1) is 6.54 Å². The molecule has 2 N–H and O–H groups in total. The van der Waals surface area contributed by atoms with E-state index in [9.17, 15) is 9.59 Å².